The molecule has 3 N–H and O–H groups in total. The van der Waals surface area contributed by atoms with Crippen LogP contribution in [0.5, 0.6) is 0 Å². The Morgan fingerprint density at radius 2 is 1.88 bits per heavy atom. The van der Waals surface area contributed by atoms with Crippen LogP contribution in [0.1, 0.15) is 19.8 Å². The van der Waals surface area contributed by atoms with E-state index in [-0.39, 0.29) is 5.91 Å². The van der Waals surface area contributed by atoms with Crippen molar-refractivity contribution < 1.29 is 21.9 Å². The molecule has 0 bridgehead atoms. The van der Waals surface area contributed by atoms with E-state index in [4.69, 9.17) is 10.3 Å². The third-order valence-corrected chi connectivity index (χ3v) is 1.88. The van der Waals surface area contributed by atoms with Gasteiger partial charge in [0, 0.05) is 25.9 Å². The van der Waals surface area contributed by atoms with Crippen LogP contribution < -0.4 is 5.73 Å². The number of carbonyl (C=O) groups is 1. The van der Waals surface area contributed by atoms with Crippen LogP contribution in [0.3, 0.4) is 0 Å². The van der Waals surface area contributed by atoms with Gasteiger partial charge in [-0.15, -0.1) is 0 Å². The molecule has 8 heteroatoms. The Balaban J connectivity index is 0. The van der Waals surface area contributed by atoms with Crippen molar-refractivity contribution in [1.82, 2.24) is 4.90 Å². The van der Waals surface area contributed by atoms with Gasteiger partial charge in [-0.2, -0.15) is 8.42 Å². The quantitative estimate of drug-likeness (QED) is 0.542. The molecule has 0 heterocycles. The molecule has 0 radical (unpaired) electrons. The molecule has 0 spiro atoms. The minimum Gasteiger partial charge on any atom is -0.383 e. The maximum atomic E-state index is 10.8. The number of carbonyl (C=O) groups excluding carboxylic acids is 1. The Morgan fingerprint density at radius 3 is 2.06 bits per heavy atom. The Bertz CT molecular complexity index is 348. The SMILES string of the molecule is CCCC(=CN(C)C)C(N)=O.COS(=O)(=O)O. The zero-order chi connectivity index (χ0) is 14.1. The van der Waals surface area contributed by atoms with Crippen molar-refractivity contribution in [3.63, 3.8) is 0 Å². The Morgan fingerprint density at radius 1 is 1.47 bits per heavy atom. The molecule has 0 aromatic heterocycles. The lowest BCUT2D eigenvalue weighted by molar-refractivity contribution is -0.114. The van der Waals surface area contributed by atoms with Gasteiger partial charge < -0.3 is 10.6 Å². The lowest BCUT2D eigenvalue weighted by Crippen LogP contribution is -2.16. The van der Waals surface area contributed by atoms with Crippen LogP contribution in [0, 0.1) is 0 Å². The fourth-order valence-corrected chi connectivity index (χ4v) is 0.832. The Hall–Kier alpha value is -1.12. The molecule has 7 nitrogen and oxygen atoms in total. The van der Waals surface area contributed by atoms with Crippen molar-refractivity contribution in [2.45, 2.75) is 19.8 Å². The van der Waals surface area contributed by atoms with Gasteiger partial charge in [-0.3, -0.25) is 13.5 Å². The van der Waals surface area contributed by atoms with Crippen molar-refractivity contribution >= 4 is 16.3 Å². The topological polar surface area (TPSA) is 110 Å². The second kappa shape index (κ2) is 8.97. The highest BCUT2D eigenvalue weighted by Crippen LogP contribution is 2.03. The molecule has 102 valence electrons. The molecule has 17 heavy (non-hydrogen) atoms. The van der Waals surface area contributed by atoms with E-state index in [9.17, 15) is 13.2 Å². The number of primary amides is 1. The highest BCUT2D eigenvalue weighted by Gasteiger charge is 2.02. The maximum absolute atomic E-state index is 10.8. The third kappa shape index (κ3) is 14.9. The zero-order valence-corrected chi connectivity index (χ0v) is 11.3. The average molecular weight is 268 g/mol. The number of nitrogens with two attached hydrogens (primary N) is 1. The predicted molar refractivity (Wildman–Crippen MR) is 64.4 cm³/mol. The zero-order valence-electron chi connectivity index (χ0n) is 10.5. The van der Waals surface area contributed by atoms with Crippen molar-refractivity contribution in [1.29, 1.82) is 0 Å². The summed E-state index contributed by atoms with van der Waals surface area (Å²) in [7, 11) is 0.456. The fraction of sp³-hybridized carbons (Fsp3) is 0.667. The summed E-state index contributed by atoms with van der Waals surface area (Å²) in [4.78, 5) is 12.6. The smallest absolute Gasteiger partial charge is 0.383 e. The summed E-state index contributed by atoms with van der Waals surface area (Å²) < 4.78 is 29.7. The summed E-state index contributed by atoms with van der Waals surface area (Å²) in [5.74, 6) is -0.319. The predicted octanol–water partition coefficient (Wildman–Crippen LogP) is 0.153. The molecule has 0 fully saturated rings. The van der Waals surface area contributed by atoms with Gasteiger partial charge in [-0.05, 0) is 6.42 Å². The van der Waals surface area contributed by atoms with Crippen LogP contribution in [-0.4, -0.2) is 45.0 Å². The second-order valence-electron chi connectivity index (χ2n) is 3.33. The molecule has 0 rings (SSSR count). The maximum Gasteiger partial charge on any atom is 0.397 e. The van der Waals surface area contributed by atoms with Gasteiger partial charge in [-0.1, -0.05) is 13.3 Å². The van der Waals surface area contributed by atoms with E-state index < -0.39 is 10.4 Å². The normalized spacial score (nSPS) is 11.5. The summed E-state index contributed by atoms with van der Waals surface area (Å²) in [6.07, 6.45) is 3.47. The largest absolute Gasteiger partial charge is 0.397 e. The lowest BCUT2D eigenvalue weighted by Gasteiger charge is -2.07. The van der Waals surface area contributed by atoms with Crippen LogP contribution in [0.25, 0.3) is 0 Å². The van der Waals surface area contributed by atoms with Crippen molar-refractivity contribution in [3.05, 3.63) is 11.8 Å². The van der Waals surface area contributed by atoms with Crippen molar-refractivity contribution in [2.24, 2.45) is 5.73 Å². The van der Waals surface area contributed by atoms with Gasteiger partial charge in [-0.25, -0.2) is 0 Å². The van der Waals surface area contributed by atoms with Crippen LogP contribution in [0.2, 0.25) is 0 Å². The highest BCUT2D eigenvalue weighted by molar-refractivity contribution is 7.80. The van der Waals surface area contributed by atoms with Gasteiger partial charge in [0.15, 0.2) is 0 Å². The van der Waals surface area contributed by atoms with Crippen molar-refractivity contribution in [2.75, 3.05) is 21.2 Å². The molecule has 0 unspecified atom stereocenters. The summed E-state index contributed by atoms with van der Waals surface area (Å²) in [6.45, 7) is 2.02. The summed E-state index contributed by atoms with van der Waals surface area (Å²) in [5.41, 5.74) is 5.83. The number of hydrogen-bond acceptors (Lipinski definition) is 5. The molecule has 0 aliphatic carbocycles. The van der Waals surface area contributed by atoms with E-state index in [1.54, 1.807) is 6.20 Å². The van der Waals surface area contributed by atoms with Gasteiger partial charge >= 0.3 is 10.4 Å². The third-order valence-electron chi connectivity index (χ3n) is 1.46. The van der Waals surface area contributed by atoms with E-state index in [2.05, 4.69) is 4.18 Å². The molecule has 1 amide bonds. The molecule has 0 aliphatic rings. The first-order valence-electron chi connectivity index (χ1n) is 4.84. The van der Waals surface area contributed by atoms with Gasteiger partial charge in [0.25, 0.3) is 0 Å². The van der Waals surface area contributed by atoms with Crippen LogP contribution in [0.4, 0.5) is 0 Å². The van der Waals surface area contributed by atoms with Gasteiger partial charge in [0.05, 0.1) is 7.11 Å². The molecule has 0 aromatic carbocycles. The summed E-state index contributed by atoms with van der Waals surface area (Å²) >= 11 is 0. The van der Waals surface area contributed by atoms with Crippen molar-refractivity contribution in [3.8, 4) is 0 Å². The monoisotopic (exact) mass is 268 g/mol. The Kier molecular flexibility index (Phi) is 9.63. The van der Waals surface area contributed by atoms with E-state index in [1.807, 2.05) is 25.9 Å². The highest BCUT2D eigenvalue weighted by atomic mass is 32.3. The molecular formula is C9H20N2O5S. The van der Waals surface area contributed by atoms with Gasteiger partial charge in [0.2, 0.25) is 5.91 Å². The first-order chi connectivity index (χ1) is 7.64. The molecule has 0 atom stereocenters. The fourth-order valence-electron chi connectivity index (χ4n) is 0.832. The standard InChI is InChI=1S/C8H16N2O.CH4O4S/c1-4-5-7(8(9)11)6-10(2)3;1-5-6(2,3)4/h6H,4-5H2,1-3H3,(H2,9,11);1H3,(H,2,3,4). The van der Waals surface area contributed by atoms with E-state index in [0.29, 0.717) is 5.57 Å². The van der Waals surface area contributed by atoms with E-state index in [1.165, 1.54) is 0 Å². The molecule has 0 saturated heterocycles. The minimum atomic E-state index is -4.16. The average Bonchev–Trinajstić information content (AvgIpc) is 2.16. The number of amides is 1. The number of nitrogens with zero attached hydrogens (tertiary/aromatic N) is 1. The summed E-state index contributed by atoms with van der Waals surface area (Å²) in [6, 6.07) is 0. The first-order valence-corrected chi connectivity index (χ1v) is 6.20. The second-order valence-corrected chi connectivity index (χ2v) is 4.52. The Labute approximate surface area is 102 Å². The molecule has 0 aliphatic heterocycles. The number of rotatable bonds is 5. The van der Waals surface area contributed by atoms with Crippen LogP contribution in [-0.2, 0) is 19.4 Å². The lowest BCUT2D eigenvalue weighted by atomic mass is 10.1. The molecule has 0 aromatic rings. The van der Waals surface area contributed by atoms with Crippen LogP contribution in [0.15, 0.2) is 11.8 Å². The van der Waals surface area contributed by atoms with E-state index >= 15 is 0 Å². The first kappa shape index (κ1) is 18.3. The minimum absolute atomic E-state index is 0.319. The number of hydrogen-bond donors (Lipinski definition) is 2. The molecular weight excluding hydrogens is 248 g/mol. The summed E-state index contributed by atoms with van der Waals surface area (Å²) in [5, 5.41) is 0. The van der Waals surface area contributed by atoms with Gasteiger partial charge in [0.1, 0.15) is 0 Å². The van der Waals surface area contributed by atoms with Crippen LogP contribution >= 0.6 is 0 Å². The molecule has 0 saturated carbocycles. The van der Waals surface area contributed by atoms with E-state index in [0.717, 1.165) is 20.0 Å².